The number of aryl methyl sites for hydroxylation is 1. The molecular formula is C81H82BBrCl2F3N15O9. The largest absolute Gasteiger partial charge is 0.496 e. The summed E-state index contributed by atoms with van der Waals surface area (Å²) in [5.41, 5.74) is 15.3. The third-order valence-electron chi connectivity index (χ3n) is 19.5. The fourth-order valence-electron chi connectivity index (χ4n) is 13.8. The van der Waals surface area contributed by atoms with Crippen molar-refractivity contribution in [2.45, 2.75) is 70.5 Å². The summed E-state index contributed by atoms with van der Waals surface area (Å²) in [6.45, 7) is 6.89. The number of anilines is 6. The normalized spacial score (nSPS) is 15.0. The molecule has 0 spiro atoms. The van der Waals surface area contributed by atoms with Gasteiger partial charge in [0.2, 0.25) is 22.3 Å². The Morgan fingerprint density at radius 3 is 1.42 bits per heavy atom. The van der Waals surface area contributed by atoms with Gasteiger partial charge >= 0.3 is 7.12 Å². The lowest BCUT2D eigenvalue weighted by atomic mass is 9.80. The van der Waals surface area contributed by atoms with Crippen LogP contribution in [0.2, 0.25) is 10.6 Å². The Kier molecular flexibility index (Phi) is 26.6. The predicted molar refractivity (Wildman–Crippen MR) is 436 cm³/mol. The molecule has 8 heterocycles. The molecule has 13 aromatic rings. The number of imidazole rings is 2. The van der Waals surface area contributed by atoms with Gasteiger partial charge < -0.3 is 79.2 Å². The first-order valence-electron chi connectivity index (χ1n) is 35.9. The van der Waals surface area contributed by atoms with Crippen LogP contribution >= 0.6 is 39.1 Å². The molecule has 24 nitrogen and oxygen atoms in total. The highest BCUT2D eigenvalue weighted by atomic mass is 79.9. The van der Waals surface area contributed by atoms with Crippen LogP contribution in [-0.2, 0) is 0 Å². The van der Waals surface area contributed by atoms with Crippen molar-refractivity contribution in [3.8, 4) is 56.6 Å². The molecule has 0 unspecified atom stereocenters. The molecule has 16 rings (SSSR count). The summed E-state index contributed by atoms with van der Waals surface area (Å²) in [6, 6.07) is 43.6. The quantitative estimate of drug-likeness (QED) is 0.0329. The third kappa shape index (κ3) is 19.0. The molecule has 3 fully saturated rings. The Balaban J connectivity index is 0.000000139. The van der Waals surface area contributed by atoms with Crippen LogP contribution in [0.15, 0.2) is 181 Å². The minimum atomic E-state index is -1.59. The summed E-state index contributed by atoms with van der Waals surface area (Å²) < 4.78 is 65.8. The number of nitrogens with one attached hydrogen (secondary N) is 1. The number of halogens is 6. The Hall–Kier alpha value is -10.9. The summed E-state index contributed by atoms with van der Waals surface area (Å²) >= 11 is 15.6. The molecule has 580 valence electrons. The topological polar surface area (TPSA) is 299 Å². The molecule has 0 amide bonds. The van der Waals surface area contributed by atoms with E-state index < -0.39 is 12.9 Å². The van der Waals surface area contributed by atoms with Gasteiger partial charge in [-0.1, -0.05) is 64.5 Å². The molecule has 8 N–H and O–H groups in total. The highest BCUT2D eigenvalue weighted by molar-refractivity contribution is 9.10. The minimum absolute atomic E-state index is 0.00666. The number of aromatic nitrogens is 10. The molecule has 0 aliphatic carbocycles. The number of rotatable bonds is 17. The van der Waals surface area contributed by atoms with Crippen LogP contribution in [0.5, 0.6) is 23.0 Å². The molecule has 0 radical (unpaired) electrons. The van der Waals surface area contributed by atoms with Crippen molar-refractivity contribution < 1.29 is 57.5 Å². The molecule has 3 aliphatic heterocycles. The molecular weight excluding hydrogens is 1550 g/mol. The van der Waals surface area contributed by atoms with E-state index in [9.17, 15) is 28.5 Å². The van der Waals surface area contributed by atoms with Gasteiger partial charge in [-0.05, 0) is 199 Å². The average Bonchev–Trinajstić information content (AvgIpc) is 1.33. The number of hydrogen-bond donors (Lipinski definition) is 7. The Labute approximate surface area is 663 Å². The van der Waals surface area contributed by atoms with Crippen LogP contribution in [0.25, 0.3) is 66.3 Å². The Morgan fingerprint density at radius 1 is 0.509 bits per heavy atom. The number of nitrogens with zero attached hydrogens (tertiary/aromatic N) is 13. The number of fused-ring (bicyclic) bond motifs is 3. The van der Waals surface area contributed by atoms with E-state index in [2.05, 4.69) is 78.8 Å². The highest BCUT2D eigenvalue weighted by Gasteiger charge is 2.31. The first-order valence-corrected chi connectivity index (χ1v) is 37.5. The summed E-state index contributed by atoms with van der Waals surface area (Å²) in [4.78, 5) is 42.0. The molecule has 8 aromatic carbocycles. The van der Waals surface area contributed by atoms with Crippen molar-refractivity contribution in [1.82, 2.24) is 49.0 Å². The van der Waals surface area contributed by atoms with Gasteiger partial charge in [-0.2, -0.15) is 15.0 Å². The number of hydrogen-bond acceptors (Lipinski definition) is 22. The van der Waals surface area contributed by atoms with Crippen LogP contribution in [0.4, 0.5) is 48.2 Å². The molecule has 0 saturated carbocycles. The Morgan fingerprint density at radius 2 is 0.955 bits per heavy atom. The molecule has 5 aromatic heterocycles. The number of nitrogens with two attached hydrogens (primary N) is 1. The number of ether oxygens (including phenoxy) is 4. The van der Waals surface area contributed by atoms with Gasteiger partial charge in [0.15, 0.2) is 17.3 Å². The fourth-order valence-corrected chi connectivity index (χ4v) is 14.4. The molecule has 112 heavy (non-hydrogen) atoms. The summed E-state index contributed by atoms with van der Waals surface area (Å²) in [6.07, 6.45) is 12.8. The number of benzene rings is 8. The van der Waals surface area contributed by atoms with Crippen molar-refractivity contribution in [3.63, 3.8) is 0 Å². The van der Waals surface area contributed by atoms with E-state index in [4.69, 9.17) is 67.9 Å². The lowest BCUT2D eigenvalue weighted by Gasteiger charge is -2.26. The lowest BCUT2D eigenvalue weighted by molar-refractivity contribution is 0.266. The third-order valence-corrected chi connectivity index (χ3v) is 20.3. The predicted octanol–water partition coefficient (Wildman–Crippen LogP) is 14.0. The molecule has 31 heteroatoms. The van der Waals surface area contributed by atoms with Crippen LogP contribution in [0.3, 0.4) is 0 Å². The van der Waals surface area contributed by atoms with Gasteiger partial charge in [-0.3, -0.25) is 0 Å². The van der Waals surface area contributed by atoms with E-state index in [1.807, 2.05) is 103 Å². The van der Waals surface area contributed by atoms with E-state index >= 15 is 0 Å². The second kappa shape index (κ2) is 37.0. The van der Waals surface area contributed by atoms with Gasteiger partial charge in [0, 0.05) is 58.5 Å². The number of aliphatic hydroxyl groups excluding tert-OH is 3. The first kappa shape index (κ1) is 80.6. The summed E-state index contributed by atoms with van der Waals surface area (Å²) in [5.74, 6) is 5.26. The Bertz CT molecular complexity index is 5440. The molecule has 3 atom stereocenters. The van der Waals surface area contributed by atoms with Crippen molar-refractivity contribution in [3.05, 3.63) is 220 Å². The average molecular weight is 1630 g/mol. The van der Waals surface area contributed by atoms with E-state index in [1.54, 1.807) is 64.0 Å². The number of methoxy groups -OCH3 is 4. The van der Waals surface area contributed by atoms with E-state index in [0.717, 1.165) is 164 Å². The van der Waals surface area contributed by atoms with Gasteiger partial charge in [0.1, 0.15) is 59.1 Å². The van der Waals surface area contributed by atoms with Crippen LogP contribution in [0, 0.1) is 31.3 Å². The SMILES string of the molecule is COc1cc(-n2cnc(N)c2)cc(OC)c1OC.COc1cc(-n2cnc(Nc3nc(N4CCC[C@H]4CO)c4ccc(-c5cccc(F)c5)cc4n3)c2)cc(C)c1C.OB(O)c1cccc(F)c1.OC[C@@H]1CCCN1c1nc(Cl)nc2cc(-c3cccc(F)c3)ccc12.OC[C@@H]1CCCN1c1nc(Cl)nc2cc(Br)ccc12. The van der Waals surface area contributed by atoms with Crippen molar-refractivity contribution in [2.24, 2.45) is 0 Å². The molecule has 3 saturated heterocycles. The standard InChI is InChI=1S/C31H31FN6O2.C19H17ClFN3O.C13H13BrClN3O.C12H15N3O3.C6H6BFO2/c1-19-12-25(15-28(40-3)20(19)2)37-16-29(33-18-37)35-31-34-27-14-22(21-6-4-7-23(32)13-21)9-10-26(27)30(36-31)38-11-5-8-24(38)17-39;20-19-22-17-10-13(12-3-1-4-14(21)9-12)6-7-16(17)18(23-19)24-8-2-5-15(24)11-25;14-8-3-4-10-11(6-8)16-13(15)17-12(10)18-5-1-2-9(18)7-19;1-16-9-4-8(15-6-11(13)14-7-15)5-10(17-2)12(9)18-3;8-6-3-1-2-5(4-6)7(9)10/h4,6-7,9-10,12-16,18,24,39H,5,8,11,17H2,1-3H3,(H,34,35,36);1,3-4,6-7,9-10,15,25H,2,5,8,11H2;3-4,6,9,19H,1-2,5,7H2;4-7H,13H2,1-3H3;1-4,9-10H/t24-;15-;9-;;/m000../s1. The second-order valence-electron chi connectivity index (χ2n) is 26.6. The second-order valence-corrected chi connectivity index (χ2v) is 28.2. The molecule has 3 aliphatic rings. The summed E-state index contributed by atoms with van der Waals surface area (Å²) in [5, 5.41) is 52.6. The van der Waals surface area contributed by atoms with Crippen molar-refractivity contribution >= 4 is 119 Å². The van der Waals surface area contributed by atoms with Gasteiger partial charge in [0.25, 0.3) is 0 Å². The van der Waals surface area contributed by atoms with E-state index in [-0.39, 0.29) is 65.6 Å². The zero-order chi connectivity index (χ0) is 79.3. The van der Waals surface area contributed by atoms with Crippen LogP contribution in [0.1, 0.15) is 49.7 Å². The van der Waals surface area contributed by atoms with Crippen LogP contribution in [-0.4, -0.2) is 168 Å². The zero-order valence-electron chi connectivity index (χ0n) is 62.1. The van der Waals surface area contributed by atoms with Gasteiger partial charge in [-0.25, -0.2) is 38.1 Å². The van der Waals surface area contributed by atoms with Gasteiger partial charge in [0.05, 0.1) is 107 Å². The number of aliphatic hydroxyl groups is 3. The van der Waals surface area contributed by atoms with E-state index in [1.165, 1.54) is 42.5 Å². The van der Waals surface area contributed by atoms with Crippen molar-refractivity contribution in [2.75, 3.05) is 93.6 Å². The van der Waals surface area contributed by atoms with Crippen LogP contribution < -0.4 is 50.2 Å². The maximum atomic E-state index is 14.0. The van der Waals surface area contributed by atoms with Gasteiger partial charge in [-0.15, -0.1) is 0 Å². The highest BCUT2D eigenvalue weighted by Crippen LogP contribution is 2.41. The smallest absolute Gasteiger partial charge is 0.488 e. The zero-order valence-corrected chi connectivity index (χ0v) is 65.2. The minimum Gasteiger partial charge on any atom is -0.496 e. The van der Waals surface area contributed by atoms with E-state index in [0.29, 0.717) is 40.3 Å². The number of nitrogen functional groups attached to an aromatic ring is 1. The van der Waals surface area contributed by atoms with Crippen molar-refractivity contribution in [1.29, 1.82) is 0 Å². The first-order chi connectivity index (χ1) is 54.2. The lowest BCUT2D eigenvalue weighted by Crippen LogP contribution is -2.33. The maximum Gasteiger partial charge on any atom is 0.488 e. The fraction of sp³-hybridized carbons (Fsp3) is 0.259. The summed E-state index contributed by atoms with van der Waals surface area (Å²) in [7, 11) is 4.79. The molecule has 0 bridgehead atoms. The monoisotopic (exact) mass is 1630 g/mol. The maximum absolute atomic E-state index is 14.0.